The fourth-order valence-electron chi connectivity index (χ4n) is 2.47. The summed E-state index contributed by atoms with van der Waals surface area (Å²) < 4.78 is 12.8. The summed E-state index contributed by atoms with van der Waals surface area (Å²) in [5.41, 5.74) is 2.62. The van der Waals surface area contributed by atoms with Gasteiger partial charge >= 0.3 is 0 Å². The molecule has 0 fully saturated rings. The van der Waals surface area contributed by atoms with E-state index in [2.05, 4.69) is 38.5 Å². The summed E-state index contributed by atoms with van der Waals surface area (Å²) in [6, 6.07) is 6.41. The van der Waals surface area contributed by atoms with Crippen molar-refractivity contribution < 1.29 is 9.15 Å². The Labute approximate surface area is 137 Å². The van der Waals surface area contributed by atoms with Crippen molar-refractivity contribution >= 4 is 11.8 Å². The minimum atomic E-state index is 0.443. The van der Waals surface area contributed by atoms with Crippen molar-refractivity contribution in [1.82, 2.24) is 25.0 Å². The van der Waals surface area contributed by atoms with E-state index in [0.29, 0.717) is 17.7 Å². The quantitative estimate of drug-likeness (QED) is 0.640. The minimum absolute atomic E-state index is 0.443. The Morgan fingerprint density at radius 2 is 2.26 bits per heavy atom. The molecular formula is C15H15N5O2S. The van der Waals surface area contributed by atoms with Crippen LogP contribution in [0, 0.1) is 0 Å². The molecule has 118 valence electrons. The third kappa shape index (κ3) is 3.37. The zero-order valence-electron chi connectivity index (χ0n) is 12.4. The van der Waals surface area contributed by atoms with Crippen LogP contribution in [0.2, 0.25) is 0 Å². The monoisotopic (exact) mass is 329 g/mol. The average molecular weight is 329 g/mol. The second-order valence-electron chi connectivity index (χ2n) is 5.19. The SMILES string of the molecule is c1ncn(Cc2nnc(SCCc3ccc4c(c3)CCO4)o2)n1. The van der Waals surface area contributed by atoms with E-state index in [1.165, 1.54) is 17.5 Å². The van der Waals surface area contributed by atoms with Crippen molar-refractivity contribution in [2.75, 3.05) is 12.4 Å². The van der Waals surface area contributed by atoms with E-state index >= 15 is 0 Å². The van der Waals surface area contributed by atoms with Crippen molar-refractivity contribution in [3.8, 4) is 5.75 Å². The maximum atomic E-state index is 5.60. The highest BCUT2D eigenvalue weighted by molar-refractivity contribution is 7.99. The Bertz CT molecular complexity index is 787. The van der Waals surface area contributed by atoms with Gasteiger partial charge in [0.25, 0.3) is 5.22 Å². The fourth-order valence-corrected chi connectivity index (χ4v) is 3.23. The fraction of sp³-hybridized carbons (Fsp3) is 0.333. The van der Waals surface area contributed by atoms with Gasteiger partial charge in [0.1, 0.15) is 24.9 Å². The van der Waals surface area contributed by atoms with Crippen LogP contribution in [-0.2, 0) is 19.4 Å². The maximum Gasteiger partial charge on any atom is 0.276 e. The highest BCUT2D eigenvalue weighted by Gasteiger charge is 2.12. The Hall–Kier alpha value is -2.35. The van der Waals surface area contributed by atoms with Crippen molar-refractivity contribution in [2.24, 2.45) is 0 Å². The molecule has 0 aliphatic carbocycles. The molecule has 23 heavy (non-hydrogen) atoms. The van der Waals surface area contributed by atoms with Gasteiger partial charge in [0.15, 0.2) is 0 Å². The molecule has 1 aromatic carbocycles. The number of aromatic nitrogens is 5. The normalized spacial score (nSPS) is 13.0. The van der Waals surface area contributed by atoms with E-state index in [1.54, 1.807) is 22.8 Å². The molecular weight excluding hydrogens is 314 g/mol. The summed E-state index contributed by atoms with van der Waals surface area (Å²) in [5, 5.41) is 12.7. The number of fused-ring (bicyclic) bond motifs is 1. The molecule has 0 N–H and O–H groups in total. The first-order valence-electron chi connectivity index (χ1n) is 7.39. The lowest BCUT2D eigenvalue weighted by Crippen LogP contribution is -1.99. The van der Waals surface area contributed by atoms with E-state index in [9.17, 15) is 0 Å². The summed E-state index contributed by atoms with van der Waals surface area (Å²) >= 11 is 1.57. The highest BCUT2D eigenvalue weighted by atomic mass is 32.2. The molecule has 3 heterocycles. The Morgan fingerprint density at radius 3 is 3.17 bits per heavy atom. The second kappa shape index (κ2) is 6.41. The van der Waals surface area contributed by atoms with Crippen LogP contribution in [0.25, 0.3) is 0 Å². The van der Waals surface area contributed by atoms with Gasteiger partial charge in [0.2, 0.25) is 5.89 Å². The lowest BCUT2D eigenvalue weighted by Gasteiger charge is -2.03. The van der Waals surface area contributed by atoms with Crippen LogP contribution in [0.5, 0.6) is 5.75 Å². The number of benzene rings is 1. The standard InChI is InChI=1S/C15H15N5O2S/c1-2-13-12(3-5-21-13)7-11(1)4-6-23-15-19-18-14(22-15)8-20-10-16-9-17-20/h1-2,7,9-10H,3-6,8H2. The smallest absolute Gasteiger partial charge is 0.276 e. The van der Waals surface area contributed by atoms with Crippen LogP contribution in [-0.4, -0.2) is 37.3 Å². The largest absolute Gasteiger partial charge is 0.493 e. The molecule has 1 aliphatic heterocycles. The van der Waals surface area contributed by atoms with Crippen LogP contribution < -0.4 is 4.74 Å². The first-order valence-corrected chi connectivity index (χ1v) is 8.37. The van der Waals surface area contributed by atoms with Crippen molar-refractivity contribution in [3.05, 3.63) is 47.9 Å². The van der Waals surface area contributed by atoms with Crippen LogP contribution in [0.3, 0.4) is 0 Å². The third-order valence-electron chi connectivity index (χ3n) is 3.58. The maximum absolute atomic E-state index is 5.60. The molecule has 0 bridgehead atoms. The molecule has 0 atom stereocenters. The van der Waals surface area contributed by atoms with E-state index in [-0.39, 0.29) is 0 Å². The molecule has 0 unspecified atom stereocenters. The Morgan fingerprint density at radius 1 is 1.26 bits per heavy atom. The average Bonchev–Trinajstić information content (AvgIpc) is 3.29. The number of thioether (sulfide) groups is 1. The van der Waals surface area contributed by atoms with E-state index in [0.717, 1.165) is 31.0 Å². The van der Waals surface area contributed by atoms with E-state index in [4.69, 9.17) is 9.15 Å². The number of ether oxygens (including phenoxy) is 1. The Balaban J connectivity index is 1.30. The Kier molecular flexibility index (Phi) is 3.97. The molecule has 0 spiro atoms. The zero-order chi connectivity index (χ0) is 15.5. The van der Waals surface area contributed by atoms with Gasteiger partial charge in [-0.1, -0.05) is 23.9 Å². The van der Waals surface area contributed by atoms with Gasteiger partial charge in [-0.2, -0.15) is 5.10 Å². The molecule has 1 aliphatic rings. The van der Waals surface area contributed by atoms with Crippen molar-refractivity contribution in [2.45, 2.75) is 24.6 Å². The lowest BCUT2D eigenvalue weighted by molar-refractivity contribution is 0.357. The van der Waals surface area contributed by atoms with Crippen LogP contribution in [0.4, 0.5) is 0 Å². The number of hydrogen-bond acceptors (Lipinski definition) is 7. The van der Waals surface area contributed by atoms with Crippen molar-refractivity contribution in [1.29, 1.82) is 0 Å². The summed E-state index contributed by atoms with van der Waals surface area (Å²) in [7, 11) is 0. The second-order valence-corrected chi connectivity index (χ2v) is 6.24. The van der Waals surface area contributed by atoms with Gasteiger partial charge in [0.05, 0.1) is 6.61 Å². The molecule has 7 nitrogen and oxygen atoms in total. The molecule has 0 radical (unpaired) electrons. The van der Waals surface area contributed by atoms with Crippen LogP contribution in [0.1, 0.15) is 17.0 Å². The number of aryl methyl sites for hydroxylation is 1. The third-order valence-corrected chi connectivity index (χ3v) is 4.40. The molecule has 3 aromatic rings. The predicted octanol–water partition coefficient (Wildman–Crippen LogP) is 1.98. The van der Waals surface area contributed by atoms with Gasteiger partial charge in [-0.15, -0.1) is 10.2 Å². The van der Waals surface area contributed by atoms with Gasteiger partial charge < -0.3 is 9.15 Å². The van der Waals surface area contributed by atoms with Crippen molar-refractivity contribution in [3.63, 3.8) is 0 Å². The van der Waals surface area contributed by atoms with Gasteiger partial charge in [-0.25, -0.2) is 9.67 Å². The minimum Gasteiger partial charge on any atom is -0.493 e. The molecule has 0 saturated carbocycles. The number of rotatable bonds is 6. The van der Waals surface area contributed by atoms with Gasteiger partial charge in [-0.3, -0.25) is 0 Å². The highest BCUT2D eigenvalue weighted by Crippen LogP contribution is 2.27. The topological polar surface area (TPSA) is 78.9 Å². The molecule has 8 heteroatoms. The van der Waals surface area contributed by atoms with Gasteiger partial charge in [0, 0.05) is 12.2 Å². The zero-order valence-corrected chi connectivity index (χ0v) is 13.2. The van der Waals surface area contributed by atoms with E-state index in [1.807, 2.05) is 0 Å². The molecule has 0 saturated heterocycles. The summed E-state index contributed by atoms with van der Waals surface area (Å²) in [6.07, 6.45) is 5.06. The summed E-state index contributed by atoms with van der Waals surface area (Å²) in [4.78, 5) is 3.88. The summed E-state index contributed by atoms with van der Waals surface area (Å²) in [5.74, 6) is 2.45. The first-order chi connectivity index (χ1) is 11.4. The lowest BCUT2D eigenvalue weighted by atomic mass is 10.1. The number of nitrogens with zero attached hydrogens (tertiary/aromatic N) is 5. The first kappa shape index (κ1) is 14.3. The molecule has 4 rings (SSSR count). The van der Waals surface area contributed by atoms with Gasteiger partial charge in [-0.05, 0) is 23.6 Å². The van der Waals surface area contributed by atoms with E-state index < -0.39 is 0 Å². The summed E-state index contributed by atoms with van der Waals surface area (Å²) in [6.45, 7) is 1.24. The molecule has 2 aromatic heterocycles. The predicted molar refractivity (Wildman–Crippen MR) is 83.5 cm³/mol. The van der Waals surface area contributed by atoms with Crippen LogP contribution in [0.15, 0.2) is 40.5 Å². The number of hydrogen-bond donors (Lipinski definition) is 0. The molecule has 0 amide bonds. The van der Waals surface area contributed by atoms with Crippen LogP contribution >= 0.6 is 11.8 Å².